The van der Waals surface area contributed by atoms with Crippen molar-refractivity contribution in [2.24, 2.45) is 0 Å². The molecular weight excluding hydrogens is 427 g/mol. The third-order valence-corrected chi connectivity index (χ3v) is 7.53. The molecule has 0 saturated heterocycles. The second-order valence-corrected chi connectivity index (χ2v) is 13.5. The van der Waals surface area contributed by atoms with Gasteiger partial charge in [0.25, 0.3) is 0 Å². The lowest BCUT2D eigenvalue weighted by Gasteiger charge is -2.33. The summed E-state index contributed by atoms with van der Waals surface area (Å²) < 4.78 is 14.0. The molecule has 1 N–H and O–H groups in total. The Labute approximate surface area is 202 Å². The lowest BCUT2D eigenvalue weighted by molar-refractivity contribution is 0.551. The Kier molecular flexibility index (Phi) is 5.76. The minimum absolute atomic E-state index is 0.0315. The Hall–Kier alpha value is -2.20. The van der Waals surface area contributed by atoms with E-state index in [9.17, 15) is 4.39 Å². The van der Waals surface area contributed by atoms with Gasteiger partial charge in [-0.25, -0.2) is 9.37 Å². The fourth-order valence-electron chi connectivity index (χ4n) is 4.52. The van der Waals surface area contributed by atoms with E-state index in [1.807, 2.05) is 6.07 Å². The van der Waals surface area contributed by atoms with Crippen molar-refractivity contribution in [3.8, 4) is 11.3 Å². The van der Waals surface area contributed by atoms with E-state index in [2.05, 4.69) is 79.8 Å². The van der Waals surface area contributed by atoms with Crippen molar-refractivity contribution in [2.45, 2.75) is 91.4 Å². The number of thiazole rings is 1. The zero-order chi connectivity index (χ0) is 24.3. The maximum absolute atomic E-state index is 14.0. The molecule has 0 radical (unpaired) electrons. The second kappa shape index (κ2) is 7.94. The summed E-state index contributed by atoms with van der Waals surface area (Å²) in [4.78, 5) is 6.22. The lowest BCUT2D eigenvalue weighted by Crippen LogP contribution is -2.23. The molecule has 0 spiro atoms. The van der Waals surface area contributed by atoms with Crippen LogP contribution in [0, 0.1) is 5.82 Å². The van der Waals surface area contributed by atoms with Gasteiger partial charge in [0.1, 0.15) is 5.82 Å². The van der Waals surface area contributed by atoms with Crippen LogP contribution in [-0.2, 0) is 29.1 Å². The molecular formula is C29H37FN2S. The van der Waals surface area contributed by atoms with Crippen molar-refractivity contribution >= 4 is 22.2 Å². The third kappa shape index (κ3) is 4.73. The zero-order valence-electron chi connectivity index (χ0n) is 21.5. The highest BCUT2D eigenvalue weighted by Gasteiger charge is 2.30. The van der Waals surface area contributed by atoms with E-state index in [0.29, 0.717) is 0 Å². The number of nitrogens with zero attached hydrogens (tertiary/aromatic N) is 1. The number of hydrogen-bond acceptors (Lipinski definition) is 3. The van der Waals surface area contributed by atoms with Gasteiger partial charge in [0.15, 0.2) is 5.13 Å². The van der Waals surface area contributed by atoms with E-state index in [-0.39, 0.29) is 22.1 Å². The summed E-state index contributed by atoms with van der Waals surface area (Å²) >= 11 is 1.70. The van der Waals surface area contributed by atoms with Crippen LogP contribution in [0.25, 0.3) is 11.3 Å². The number of aryl methyl sites for hydroxylation is 2. The minimum atomic E-state index is -0.202. The predicted octanol–water partition coefficient (Wildman–Crippen LogP) is 8.68. The fraction of sp³-hybridized carbons (Fsp3) is 0.483. The van der Waals surface area contributed by atoms with Crippen LogP contribution in [0.3, 0.4) is 0 Å². The first kappa shape index (κ1) is 23.9. The van der Waals surface area contributed by atoms with Gasteiger partial charge in [0.05, 0.1) is 5.69 Å². The van der Waals surface area contributed by atoms with E-state index in [4.69, 9.17) is 4.98 Å². The van der Waals surface area contributed by atoms with Gasteiger partial charge >= 0.3 is 0 Å². The number of nitrogens with one attached hydrogen (secondary N) is 1. The third-order valence-electron chi connectivity index (χ3n) is 6.50. The van der Waals surface area contributed by atoms with E-state index >= 15 is 0 Å². The SMILES string of the molecule is CC(C)(C)c1cc(C(C)(C)C)c(Nc2nc3c(s2)CCc2ccc(F)cc2-3)c(C(C)(C)C)c1. The average Bonchev–Trinajstić information content (AvgIpc) is 3.08. The molecule has 4 heteroatoms. The first-order valence-electron chi connectivity index (χ1n) is 11.9. The largest absolute Gasteiger partial charge is 0.331 e. The highest BCUT2D eigenvalue weighted by atomic mass is 32.1. The first-order valence-corrected chi connectivity index (χ1v) is 12.7. The van der Waals surface area contributed by atoms with Crippen LogP contribution >= 0.6 is 11.3 Å². The number of anilines is 2. The molecule has 1 aliphatic carbocycles. The van der Waals surface area contributed by atoms with Crippen molar-refractivity contribution in [3.63, 3.8) is 0 Å². The Morgan fingerprint density at radius 3 is 1.97 bits per heavy atom. The fourth-order valence-corrected chi connectivity index (χ4v) is 5.50. The first-order chi connectivity index (χ1) is 15.1. The molecule has 0 amide bonds. The van der Waals surface area contributed by atoms with Crippen LogP contribution in [0.15, 0.2) is 30.3 Å². The molecule has 1 aromatic heterocycles. The molecule has 1 heterocycles. The number of fused-ring (bicyclic) bond motifs is 3. The van der Waals surface area contributed by atoms with Crippen molar-refractivity contribution < 1.29 is 4.39 Å². The molecule has 0 fully saturated rings. The summed E-state index contributed by atoms with van der Waals surface area (Å²) in [6.07, 6.45) is 1.89. The van der Waals surface area contributed by atoms with Gasteiger partial charge in [-0.05, 0) is 63.5 Å². The van der Waals surface area contributed by atoms with Crippen molar-refractivity contribution in [1.82, 2.24) is 4.98 Å². The number of hydrogen-bond donors (Lipinski definition) is 1. The number of aromatic nitrogens is 1. The van der Waals surface area contributed by atoms with E-state index in [1.165, 1.54) is 27.1 Å². The highest BCUT2D eigenvalue weighted by molar-refractivity contribution is 7.16. The normalized spacial score (nSPS) is 14.1. The Morgan fingerprint density at radius 2 is 1.42 bits per heavy atom. The Balaban J connectivity index is 1.87. The predicted molar refractivity (Wildman–Crippen MR) is 141 cm³/mol. The van der Waals surface area contributed by atoms with Gasteiger partial charge < -0.3 is 5.32 Å². The van der Waals surface area contributed by atoms with Crippen LogP contribution in [-0.4, -0.2) is 4.98 Å². The summed E-state index contributed by atoms with van der Waals surface area (Å²) in [5.74, 6) is -0.202. The van der Waals surface area contributed by atoms with Crippen molar-refractivity contribution in [3.05, 3.63) is 63.3 Å². The maximum Gasteiger partial charge on any atom is 0.187 e. The van der Waals surface area contributed by atoms with Gasteiger partial charge in [-0.15, -0.1) is 11.3 Å². The Morgan fingerprint density at radius 1 is 0.818 bits per heavy atom. The molecule has 176 valence electrons. The zero-order valence-corrected chi connectivity index (χ0v) is 22.4. The molecule has 0 unspecified atom stereocenters. The highest BCUT2D eigenvalue weighted by Crippen LogP contribution is 2.45. The summed E-state index contributed by atoms with van der Waals surface area (Å²) in [5.41, 5.74) is 8.18. The molecule has 0 saturated carbocycles. The smallest absolute Gasteiger partial charge is 0.187 e. The topological polar surface area (TPSA) is 24.9 Å². The number of benzene rings is 2. The van der Waals surface area contributed by atoms with Gasteiger partial charge in [0.2, 0.25) is 0 Å². The summed E-state index contributed by atoms with van der Waals surface area (Å²) in [6, 6.07) is 9.83. The number of rotatable bonds is 2. The standard InChI is InChI=1S/C29H37FN2S/c1-27(2,3)18-14-21(28(4,5)6)25(22(15-18)29(7,8)9)32-26-31-24-20-16-19(30)12-10-17(20)11-13-23(24)33-26/h10,12,14-16H,11,13H2,1-9H3,(H,31,32). The molecule has 2 nitrogen and oxygen atoms in total. The molecule has 2 aromatic carbocycles. The van der Waals surface area contributed by atoms with Gasteiger partial charge in [-0.2, -0.15) is 0 Å². The summed E-state index contributed by atoms with van der Waals surface area (Å²) in [7, 11) is 0. The molecule has 1 aliphatic rings. The second-order valence-electron chi connectivity index (χ2n) is 12.4. The van der Waals surface area contributed by atoms with Crippen LogP contribution in [0.5, 0.6) is 0 Å². The monoisotopic (exact) mass is 464 g/mol. The Bertz CT molecular complexity index is 1160. The quantitative estimate of drug-likeness (QED) is 0.410. The van der Waals surface area contributed by atoms with Gasteiger partial charge in [-0.3, -0.25) is 0 Å². The van der Waals surface area contributed by atoms with Gasteiger partial charge in [0, 0.05) is 16.1 Å². The summed E-state index contributed by atoms with van der Waals surface area (Å²) in [6.45, 7) is 20.5. The summed E-state index contributed by atoms with van der Waals surface area (Å²) in [5, 5.41) is 4.63. The van der Waals surface area contributed by atoms with Crippen LogP contribution in [0.2, 0.25) is 0 Å². The van der Waals surface area contributed by atoms with Crippen molar-refractivity contribution in [2.75, 3.05) is 5.32 Å². The minimum Gasteiger partial charge on any atom is -0.331 e. The molecule has 4 rings (SSSR count). The lowest BCUT2D eigenvalue weighted by atomic mass is 9.74. The number of halogens is 1. The van der Waals surface area contributed by atoms with Gasteiger partial charge in [-0.1, -0.05) is 80.5 Å². The van der Waals surface area contributed by atoms with E-state index in [1.54, 1.807) is 23.5 Å². The van der Waals surface area contributed by atoms with Crippen LogP contribution < -0.4 is 5.32 Å². The van der Waals surface area contributed by atoms with Crippen LogP contribution in [0.1, 0.15) is 89.4 Å². The van der Waals surface area contributed by atoms with Crippen LogP contribution in [0.4, 0.5) is 15.2 Å². The van der Waals surface area contributed by atoms with E-state index in [0.717, 1.165) is 34.9 Å². The molecule has 3 aromatic rings. The average molecular weight is 465 g/mol. The molecule has 0 atom stereocenters. The molecule has 33 heavy (non-hydrogen) atoms. The maximum atomic E-state index is 14.0. The van der Waals surface area contributed by atoms with Crippen molar-refractivity contribution in [1.29, 1.82) is 0 Å². The molecule has 0 bridgehead atoms. The molecule has 0 aliphatic heterocycles. The van der Waals surface area contributed by atoms with E-state index < -0.39 is 0 Å².